The average molecular weight is 400 g/mol. The van der Waals surface area contributed by atoms with Gasteiger partial charge in [-0.25, -0.2) is 0 Å². The van der Waals surface area contributed by atoms with E-state index in [1.165, 1.54) is 70.6 Å². The van der Waals surface area contributed by atoms with E-state index in [0.29, 0.717) is 23.7 Å². The lowest BCUT2D eigenvalue weighted by Crippen LogP contribution is -2.46. The molecule has 0 aromatic carbocycles. The Morgan fingerprint density at radius 1 is 0.931 bits per heavy atom. The third-order valence-corrected chi connectivity index (χ3v) is 9.74. The molecule has 0 heterocycles. The van der Waals surface area contributed by atoms with Crippen molar-refractivity contribution < 1.29 is 4.79 Å². The number of hydrogen-bond donors (Lipinski definition) is 0. The van der Waals surface area contributed by atoms with Crippen molar-refractivity contribution in [2.24, 2.45) is 46.1 Å². The molecular weight excluding hydrogens is 358 g/mol. The fourth-order valence-corrected chi connectivity index (χ4v) is 7.78. The largest absolute Gasteiger partial charge is 0.299 e. The summed E-state index contributed by atoms with van der Waals surface area (Å²) >= 11 is 0. The maximum atomic E-state index is 10.7. The quantitative estimate of drug-likeness (QED) is 0.375. The molecule has 6 saturated carbocycles. The normalized spacial score (nSPS) is 44.6. The van der Waals surface area contributed by atoms with Crippen LogP contribution in [-0.4, -0.2) is 12.3 Å². The van der Waals surface area contributed by atoms with Crippen molar-refractivity contribution in [3.63, 3.8) is 0 Å². The number of nitroso groups, excluding NO2 is 1. The molecule has 0 amide bonds. The van der Waals surface area contributed by atoms with Crippen molar-refractivity contribution in [2.75, 3.05) is 6.54 Å². The number of Topliss-reactive ketones (excluding diaryl/α,β-unsaturated/α-hetero) is 1. The van der Waals surface area contributed by atoms with Gasteiger partial charge in [-0.1, -0.05) is 49.4 Å². The molecule has 3 heteroatoms. The molecule has 7 atom stereocenters. The SMILES string of the molecule is CC=C1C[C@H]2CCC[C@@H]12.CC[C@@]1(CN=O)C[C@H]2CCC[C@H]21.O=C1C[C@H]2CCC[C@@H]12. The Labute approximate surface area is 177 Å². The number of rotatable bonds is 3. The summed E-state index contributed by atoms with van der Waals surface area (Å²) in [6, 6.07) is 0. The highest BCUT2D eigenvalue weighted by molar-refractivity contribution is 5.87. The van der Waals surface area contributed by atoms with E-state index in [-0.39, 0.29) is 0 Å². The van der Waals surface area contributed by atoms with Crippen LogP contribution in [-0.2, 0) is 4.79 Å². The van der Waals surface area contributed by atoms with Gasteiger partial charge in [-0.3, -0.25) is 4.79 Å². The van der Waals surface area contributed by atoms with Crippen LogP contribution < -0.4 is 0 Å². The molecule has 6 aliphatic carbocycles. The first-order valence-electron chi connectivity index (χ1n) is 12.6. The first-order chi connectivity index (χ1) is 14.1. The van der Waals surface area contributed by atoms with Gasteiger partial charge in [0.15, 0.2) is 0 Å². The van der Waals surface area contributed by atoms with E-state index in [1.54, 1.807) is 5.57 Å². The van der Waals surface area contributed by atoms with Gasteiger partial charge in [0.2, 0.25) is 0 Å². The number of carbonyl (C=O) groups excluding carboxylic acids is 1. The van der Waals surface area contributed by atoms with Crippen LogP contribution in [0.2, 0.25) is 0 Å². The molecule has 162 valence electrons. The van der Waals surface area contributed by atoms with E-state index in [4.69, 9.17) is 0 Å². The molecule has 0 aromatic rings. The minimum absolute atomic E-state index is 0.336. The fourth-order valence-electron chi connectivity index (χ4n) is 7.78. The molecule has 0 aromatic heterocycles. The van der Waals surface area contributed by atoms with E-state index < -0.39 is 0 Å². The van der Waals surface area contributed by atoms with Crippen molar-refractivity contribution in [3.8, 4) is 0 Å². The lowest BCUT2D eigenvalue weighted by atomic mass is 9.54. The lowest BCUT2D eigenvalue weighted by Gasteiger charge is -2.51. The predicted octanol–water partition coefficient (Wildman–Crippen LogP) is 7.10. The maximum Gasteiger partial charge on any atom is 0.136 e. The number of carbonyl (C=O) groups is 1. The minimum atomic E-state index is 0.336. The van der Waals surface area contributed by atoms with Crippen LogP contribution in [0.1, 0.15) is 97.3 Å². The van der Waals surface area contributed by atoms with E-state index >= 15 is 0 Å². The van der Waals surface area contributed by atoms with Crippen LogP contribution in [0.5, 0.6) is 0 Å². The highest BCUT2D eigenvalue weighted by atomic mass is 16.3. The van der Waals surface area contributed by atoms with Gasteiger partial charge in [0.05, 0.1) is 6.54 Å². The van der Waals surface area contributed by atoms with Crippen LogP contribution >= 0.6 is 0 Å². The zero-order valence-corrected chi connectivity index (χ0v) is 18.7. The van der Waals surface area contributed by atoms with Gasteiger partial charge in [0.25, 0.3) is 0 Å². The first-order valence-corrected chi connectivity index (χ1v) is 12.6. The van der Waals surface area contributed by atoms with Gasteiger partial charge >= 0.3 is 0 Å². The number of fused-ring (bicyclic) bond motifs is 3. The molecule has 6 aliphatic rings. The van der Waals surface area contributed by atoms with Gasteiger partial charge in [0, 0.05) is 12.3 Å². The van der Waals surface area contributed by atoms with Gasteiger partial charge < -0.3 is 0 Å². The van der Waals surface area contributed by atoms with E-state index in [1.807, 2.05) is 0 Å². The van der Waals surface area contributed by atoms with Crippen molar-refractivity contribution in [1.29, 1.82) is 0 Å². The summed E-state index contributed by atoms with van der Waals surface area (Å²) in [6.45, 7) is 4.97. The van der Waals surface area contributed by atoms with Gasteiger partial charge in [0.1, 0.15) is 5.78 Å². The molecule has 6 rings (SSSR count). The number of allylic oxidation sites excluding steroid dienone is 2. The molecule has 0 aliphatic heterocycles. The van der Waals surface area contributed by atoms with Crippen LogP contribution in [0.4, 0.5) is 0 Å². The molecule has 3 nitrogen and oxygen atoms in total. The van der Waals surface area contributed by atoms with Gasteiger partial charge in [-0.2, -0.15) is 4.91 Å². The zero-order chi connectivity index (χ0) is 20.4. The highest BCUT2D eigenvalue weighted by Gasteiger charge is 2.54. The summed E-state index contributed by atoms with van der Waals surface area (Å²) in [4.78, 5) is 21.0. The molecular formula is C26H41NO2. The van der Waals surface area contributed by atoms with E-state index in [9.17, 15) is 9.70 Å². The molecule has 0 unspecified atom stereocenters. The number of nitrogens with zero attached hydrogens (tertiary/aromatic N) is 1. The van der Waals surface area contributed by atoms with Crippen molar-refractivity contribution >= 4 is 5.78 Å². The third-order valence-electron chi connectivity index (χ3n) is 9.74. The van der Waals surface area contributed by atoms with Crippen LogP contribution in [0.15, 0.2) is 16.8 Å². The second kappa shape index (κ2) is 9.02. The van der Waals surface area contributed by atoms with E-state index in [0.717, 1.165) is 42.4 Å². The number of hydrogen-bond acceptors (Lipinski definition) is 3. The molecule has 0 bridgehead atoms. The topological polar surface area (TPSA) is 46.5 Å². The smallest absolute Gasteiger partial charge is 0.136 e. The highest BCUT2D eigenvalue weighted by Crippen LogP contribution is 2.60. The first kappa shape index (κ1) is 21.2. The maximum absolute atomic E-state index is 10.7. The molecule has 29 heavy (non-hydrogen) atoms. The second-order valence-electron chi connectivity index (χ2n) is 10.8. The summed E-state index contributed by atoms with van der Waals surface area (Å²) in [7, 11) is 0. The van der Waals surface area contributed by atoms with Gasteiger partial charge in [-0.15, -0.1) is 0 Å². The molecule has 6 fully saturated rings. The van der Waals surface area contributed by atoms with Gasteiger partial charge in [-0.05, 0) is 93.3 Å². The minimum Gasteiger partial charge on any atom is -0.299 e. The Hall–Kier alpha value is -0.990. The predicted molar refractivity (Wildman–Crippen MR) is 118 cm³/mol. The summed E-state index contributed by atoms with van der Waals surface area (Å²) in [5, 5.41) is 3.11. The Balaban J connectivity index is 0.000000108. The van der Waals surface area contributed by atoms with E-state index in [2.05, 4.69) is 25.1 Å². The molecule has 0 saturated heterocycles. The Morgan fingerprint density at radius 2 is 1.59 bits per heavy atom. The lowest BCUT2D eigenvalue weighted by molar-refractivity contribution is -0.132. The van der Waals surface area contributed by atoms with Crippen LogP contribution in [0, 0.1) is 45.8 Å². The molecule has 0 spiro atoms. The summed E-state index contributed by atoms with van der Waals surface area (Å²) < 4.78 is 0. The Morgan fingerprint density at radius 3 is 2.10 bits per heavy atom. The van der Waals surface area contributed by atoms with Crippen LogP contribution in [0.25, 0.3) is 0 Å². The third kappa shape index (κ3) is 4.00. The summed E-state index contributed by atoms with van der Waals surface area (Å²) in [6.07, 6.45) is 19.6. The molecule has 0 N–H and O–H groups in total. The average Bonchev–Trinajstić information content (AvgIpc) is 3.38. The zero-order valence-electron chi connectivity index (χ0n) is 18.7. The second-order valence-corrected chi connectivity index (χ2v) is 10.8. The number of ketones is 1. The standard InChI is InChI=1S/C10H17NO.C9H14.C7H10O/c1-2-10(7-11-12)6-8-4-3-5-9(8)10;1-2-7-6-8-4-3-5-9(7)8;8-7-4-5-2-1-3-6(5)7/h8-9H,2-7H2,1H3;2,8-9H,3-6H2,1H3;5-6H,1-4H2/t8-,9-,10+;8-,9+;5-,6-/m111/s1. The summed E-state index contributed by atoms with van der Waals surface area (Å²) in [5.41, 5.74) is 2.08. The Bertz CT molecular complexity index is 641. The van der Waals surface area contributed by atoms with Crippen molar-refractivity contribution in [2.45, 2.75) is 97.3 Å². The monoisotopic (exact) mass is 399 g/mol. The molecule has 0 radical (unpaired) electrons. The Kier molecular flexibility index (Phi) is 6.61. The van der Waals surface area contributed by atoms with Crippen LogP contribution in [0.3, 0.4) is 0 Å². The fraction of sp³-hybridized carbons (Fsp3) is 0.885. The van der Waals surface area contributed by atoms with Crippen molar-refractivity contribution in [3.05, 3.63) is 16.6 Å². The van der Waals surface area contributed by atoms with Crippen molar-refractivity contribution in [1.82, 2.24) is 0 Å². The summed E-state index contributed by atoms with van der Waals surface area (Å²) in [5.74, 6) is 5.82.